The summed E-state index contributed by atoms with van der Waals surface area (Å²) in [5.74, 6) is -0.884. The van der Waals surface area contributed by atoms with Gasteiger partial charge in [0.2, 0.25) is 5.91 Å². The topological polar surface area (TPSA) is 87.1 Å². The first-order valence-electron chi connectivity index (χ1n) is 6.24. The quantitative estimate of drug-likeness (QED) is 0.844. The van der Waals surface area contributed by atoms with Gasteiger partial charge >= 0.3 is 5.97 Å². The molecule has 1 heterocycles. The van der Waals surface area contributed by atoms with Gasteiger partial charge in [-0.05, 0) is 24.6 Å². The molecule has 1 fully saturated rings. The average molecular weight is 279 g/mol. The van der Waals surface area contributed by atoms with Crippen molar-refractivity contribution in [2.45, 2.75) is 31.5 Å². The SMILES string of the molecule is COc1ccc(CN2C(=O)CC(O)C2(C)C(=O)O)cc1. The van der Waals surface area contributed by atoms with Crippen LogP contribution in [0.15, 0.2) is 24.3 Å². The van der Waals surface area contributed by atoms with Gasteiger partial charge in [0.1, 0.15) is 5.75 Å². The van der Waals surface area contributed by atoms with Crippen molar-refractivity contribution in [1.82, 2.24) is 4.90 Å². The van der Waals surface area contributed by atoms with Gasteiger partial charge in [0.25, 0.3) is 0 Å². The highest BCUT2D eigenvalue weighted by Gasteiger charge is 2.54. The maximum absolute atomic E-state index is 11.9. The Hall–Kier alpha value is -2.08. The molecule has 0 saturated carbocycles. The molecule has 0 aliphatic carbocycles. The third-order valence-corrected chi connectivity index (χ3v) is 3.81. The molecule has 6 nitrogen and oxygen atoms in total. The highest BCUT2D eigenvalue weighted by atomic mass is 16.5. The van der Waals surface area contributed by atoms with Crippen molar-refractivity contribution in [3.05, 3.63) is 29.8 Å². The van der Waals surface area contributed by atoms with Gasteiger partial charge in [0, 0.05) is 6.54 Å². The summed E-state index contributed by atoms with van der Waals surface area (Å²) in [6, 6.07) is 7.01. The van der Waals surface area contributed by atoms with Crippen LogP contribution in [-0.2, 0) is 16.1 Å². The van der Waals surface area contributed by atoms with E-state index in [9.17, 15) is 19.8 Å². The van der Waals surface area contributed by atoms with Crippen molar-refractivity contribution < 1.29 is 24.5 Å². The van der Waals surface area contributed by atoms with Crippen LogP contribution < -0.4 is 4.74 Å². The molecular weight excluding hydrogens is 262 g/mol. The zero-order valence-corrected chi connectivity index (χ0v) is 11.4. The van der Waals surface area contributed by atoms with Crippen LogP contribution in [0.2, 0.25) is 0 Å². The largest absolute Gasteiger partial charge is 0.497 e. The summed E-state index contributed by atoms with van der Waals surface area (Å²) in [4.78, 5) is 24.5. The maximum Gasteiger partial charge on any atom is 0.332 e. The van der Waals surface area contributed by atoms with E-state index in [1.807, 2.05) is 0 Å². The smallest absolute Gasteiger partial charge is 0.332 e. The molecule has 2 rings (SSSR count). The molecule has 2 atom stereocenters. The predicted molar refractivity (Wildman–Crippen MR) is 70.2 cm³/mol. The van der Waals surface area contributed by atoms with Crippen LogP contribution in [0.1, 0.15) is 18.9 Å². The molecule has 2 unspecified atom stereocenters. The predicted octanol–water partition coefficient (Wildman–Crippen LogP) is 0.632. The molecule has 1 aromatic rings. The molecule has 108 valence electrons. The highest BCUT2D eigenvalue weighted by molar-refractivity contribution is 5.92. The number of benzene rings is 1. The number of amides is 1. The number of carbonyl (C=O) groups excluding carboxylic acids is 1. The van der Waals surface area contributed by atoms with E-state index in [0.29, 0.717) is 5.75 Å². The third kappa shape index (κ3) is 2.22. The van der Waals surface area contributed by atoms with Gasteiger partial charge in [-0.2, -0.15) is 0 Å². The number of ether oxygens (including phenoxy) is 1. The van der Waals surface area contributed by atoms with Crippen molar-refractivity contribution in [3.63, 3.8) is 0 Å². The van der Waals surface area contributed by atoms with Gasteiger partial charge in [-0.1, -0.05) is 12.1 Å². The Balaban J connectivity index is 2.25. The highest BCUT2D eigenvalue weighted by Crippen LogP contribution is 2.32. The van der Waals surface area contributed by atoms with Crippen molar-refractivity contribution in [2.75, 3.05) is 7.11 Å². The summed E-state index contributed by atoms with van der Waals surface area (Å²) in [6.45, 7) is 1.51. The zero-order chi connectivity index (χ0) is 14.9. The summed E-state index contributed by atoms with van der Waals surface area (Å²) in [5.41, 5.74) is -0.808. The first-order chi connectivity index (χ1) is 9.39. The number of carboxylic acid groups (broad SMARTS) is 1. The Morgan fingerprint density at radius 2 is 2.05 bits per heavy atom. The van der Waals surface area contributed by atoms with Crippen LogP contribution in [0, 0.1) is 0 Å². The molecular formula is C14H17NO5. The van der Waals surface area contributed by atoms with Crippen LogP contribution in [0.4, 0.5) is 0 Å². The molecule has 0 spiro atoms. The fourth-order valence-electron chi connectivity index (χ4n) is 2.34. The molecule has 20 heavy (non-hydrogen) atoms. The molecule has 1 amide bonds. The minimum absolute atomic E-state index is 0.142. The average Bonchev–Trinajstić information content (AvgIpc) is 2.64. The summed E-state index contributed by atoms with van der Waals surface area (Å²) < 4.78 is 5.04. The van der Waals surface area contributed by atoms with E-state index in [-0.39, 0.29) is 18.9 Å². The van der Waals surface area contributed by atoms with E-state index in [2.05, 4.69) is 0 Å². The molecule has 1 saturated heterocycles. The van der Waals surface area contributed by atoms with Gasteiger partial charge < -0.3 is 19.8 Å². The lowest BCUT2D eigenvalue weighted by Gasteiger charge is -2.33. The molecule has 2 N–H and O–H groups in total. The Bertz CT molecular complexity index is 527. The van der Waals surface area contributed by atoms with E-state index >= 15 is 0 Å². The van der Waals surface area contributed by atoms with Crippen molar-refractivity contribution in [3.8, 4) is 5.75 Å². The Kier molecular flexibility index (Phi) is 3.67. The number of hydrogen-bond acceptors (Lipinski definition) is 4. The minimum Gasteiger partial charge on any atom is -0.497 e. The number of hydrogen-bond donors (Lipinski definition) is 2. The minimum atomic E-state index is -1.59. The second kappa shape index (κ2) is 5.13. The van der Waals surface area contributed by atoms with Gasteiger partial charge in [-0.15, -0.1) is 0 Å². The van der Waals surface area contributed by atoms with E-state index in [1.54, 1.807) is 31.4 Å². The maximum atomic E-state index is 11.9. The first kappa shape index (κ1) is 14.3. The summed E-state index contributed by atoms with van der Waals surface area (Å²) in [5, 5.41) is 19.2. The number of nitrogens with zero attached hydrogens (tertiary/aromatic N) is 1. The normalized spacial score (nSPS) is 25.9. The lowest BCUT2D eigenvalue weighted by Crippen LogP contribution is -2.54. The van der Waals surface area contributed by atoms with Gasteiger partial charge in [0.15, 0.2) is 5.54 Å². The summed E-state index contributed by atoms with van der Waals surface area (Å²) in [7, 11) is 1.55. The van der Waals surface area contributed by atoms with Gasteiger partial charge in [0.05, 0.1) is 19.6 Å². The van der Waals surface area contributed by atoms with Crippen LogP contribution >= 0.6 is 0 Å². The monoisotopic (exact) mass is 279 g/mol. The first-order valence-corrected chi connectivity index (χ1v) is 6.24. The summed E-state index contributed by atoms with van der Waals surface area (Å²) >= 11 is 0. The van der Waals surface area contributed by atoms with Crippen LogP contribution in [0.3, 0.4) is 0 Å². The molecule has 1 aromatic carbocycles. The van der Waals surface area contributed by atoms with Gasteiger partial charge in [-0.3, -0.25) is 4.79 Å². The molecule has 0 aromatic heterocycles. The molecule has 6 heteroatoms. The lowest BCUT2D eigenvalue weighted by atomic mass is 9.95. The number of aliphatic carboxylic acids is 1. The Morgan fingerprint density at radius 3 is 2.55 bits per heavy atom. The zero-order valence-electron chi connectivity index (χ0n) is 11.4. The number of carbonyl (C=O) groups is 2. The summed E-state index contributed by atoms with van der Waals surface area (Å²) in [6.07, 6.45) is -1.37. The van der Waals surface area contributed by atoms with Crippen LogP contribution in [0.25, 0.3) is 0 Å². The fraction of sp³-hybridized carbons (Fsp3) is 0.429. The molecule has 0 bridgehead atoms. The number of aliphatic hydroxyl groups excluding tert-OH is 1. The van der Waals surface area contributed by atoms with E-state index in [1.165, 1.54) is 11.8 Å². The molecule has 1 aliphatic heterocycles. The lowest BCUT2D eigenvalue weighted by molar-refractivity contribution is -0.157. The second-order valence-corrected chi connectivity index (χ2v) is 5.00. The molecule has 0 radical (unpaired) electrons. The van der Waals surface area contributed by atoms with Crippen LogP contribution in [0.5, 0.6) is 5.75 Å². The van der Waals surface area contributed by atoms with Crippen molar-refractivity contribution >= 4 is 11.9 Å². The van der Waals surface area contributed by atoms with Crippen molar-refractivity contribution in [2.24, 2.45) is 0 Å². The number of rotatable bonds is 4. The fourth-order valence-corrected chi connectivity index (χ4v) is 2.34. The standard InChI is InChI=1S/C14H17NO5/c1-14(13(18)19)11(16)7-12(17)15(14)8-9-3-5-10(20-2)6-4-9/h3-6,11,16H,7-8H2,1-2H3,(H,18,19). The number of likely N-dealkylation sites (tertiary alicyclic amines) is 1. The molecule has 1 aliphatic rings. The Morgan fingerprint density at radius 1 is 1.45 bits per heavy atom. The number of methoxy groups -OCH3 is 1. The Labute approximate surface area is 116 Å². The van der Waals surface area contributed by atoms with E-state index < -0.39 is 17.6 Å². The third-order valence-electron chi connectivity index (χ3n) is 3.81. The number of aliphatic hydroxyl groups is 1. The second-order valence-electron chi connectivity index (χ2n) is 5.00. The van der Waals surface area contributed by atoms with Gasteiger partial charge in [-0.25, -0.2) is 4.79 Å². The van der Waals surface area contributed by atoms with E-state index in [0.717, 1.165) is 5.56 Å². The number of carboxylic acids is 1. The van der Waals surface area contributed by atoms with E-state index in [4.69, 9.17) is 4.74 Å². The van der Waals surface area contributed by atoms with Crippen LogP contribution in [-0.4, -0.2) is 45.7 Å². The van der Waals surface area contributed by atoms with Crippen molar-refractivity contribution in [1.29, 1.82) is 0 Å².